The molecular weight excluding hydrogens is 316 g/mol. The van der Waals surface area contributed by atoms with Gasteiger partial charge >= 0.3 is 0 Å². The van der Waals surface area contributed by atoms with E-state index in [1.54, 1.807) is 6.07 Å². The number of hydrogen-bond donors (Lipinski definition) is 1. The van der Waals surface area contributed by atoms with Crippen LogP contribution < -0.4 is 5.56 Å². The molecule has 0 saturated carbocycles. The van der Waals surface area contributed by atoms with Gasteiger partial charge < -0.3 is 4.98 Å². The van der Waals surface area contributed by atoms with E-state index in [1.165, 1.54) is 6.07 Å². The summed E-state index contributed by atoms with van der Waals surface area (Å²) < 4.78 is 0.783. The van der Waals surface area contributed by atoms with Crippen molar-refractivity contribution in [2.75, 3.05) is 0 Å². The molecule has 0 bridgehead atoms. The van der Waals surface area contributed by atoms with Crippen molar-refractivity contribution < 1.29 is 0 Å². The van der Waals surface area contributed by atoms with Crippen molar-refractivity contribution >= 4 is 27.5 Å². The highest BCUT2D eigenvalue weighted by molar-refractivity contribution is 9.10. The Labute approximate surface area is 118 Å². The molecule has 2 aromatic rings. The number of nitrogens with zero attached hydrogens (tertiary/aromatic N) is 1. The van der Waals surface area contributed by atoms with Gasteiger partial charge in [0, 0.05) is 21.8 Å². The number of rotatable bonds is 3. The predicted octanol–water partition coefficient (Wildman–Crippen LogP) is 3.81. The molecule has 0 spiro atoms. The summed E-state index contributed by atoms with van der Waals surface area (Å²) in [6.45, 7) is 2.06. The van der Waals surface area contributed by atoms with Crippen molar-refractivity contribution in [3.8, 4) is 11.4 Å². The Kier molecular flexibility index (Phi) is 4.19. The molecule has 1 aromatic heterocycles. The second-order valence-corrected chi connectivity index (χ2v) is 5.23. The molecule has 0 unspecified atom stereocenters. The summed E-state index contributed by atoms with van der Waals surface area (Å²) in [5, 5.41) is 0.630. The van der Waals surface area contributed by atoms with Crippen molar-refractivity contribution in [2.24, 2.45) is 0 Å². The normalized spacial score (nSPS) is 10.6. The average molecular weight is 328 g/mol. The third-order valence-corrected chi connectivity index (χ3v) is 3.71. The molecule has 0 saturated heterocycles. The van der Waals surface area contributed by atoms with Crippen LogP contribution in [0.1, 0.15) is 19.0 Å². The fraction of sp³-hybridized carbons (Fsp3) is 0.231. The smallest absolute Gasteiger partial charge is 0.251 e. The molecule has 18 heavy (non-hydrogen) atoms. The third-order valence-electron chi connectivity index (χ3n) is 2.49. The first-order valence-corrected chi connectivity index (χ1v) is 6.83. The Bertz CT molecular complexity index is 625. The van der Waals surface area contributed by atoms with Crippen LogP contribution in [0.25, 0.3) is 11.4 Å². The number of H-pyrrole nitrogens is 1. The molecule has 1 heterocycles. The topological polar surface area (TPSA) is 45.8 Å². The molecule has 0 radical (unpaired) electrons. The predicted molar refractivity (Wildman–Crippen MR) is 77.0 cm³/mol. The number of hydrogen-bond acceptors (Lipinski definition) is 2. The van der Waals surface area contributed by atoms with E-state index in [0.717, 1.165) is 28.6 Å². The van der Waals surface area contributed by atoms with E-state index in [9.17, 15) is 4.79 Å². The van der Waals surface area contributed by atoms with Gasteiger partial charge in [0.25, 0.3) is 5.56 Å². The fourth-order valence-corrected chi connectivity index (χ4v) is 2.17. The number of aryl methyl sites for hydroxylation is 1. The lowest BCUT2D eigenvalue weighted by Crippen LogP contribution is -2.10. The van der Waals surface area contributed by atoms with Crippen LogP contribution in [0.4, 0.5) is 0 Å². The molecule has 1 N–H and O–H groups in total. The van der Waals surface area contributed by atoms with Gasteiger partial charge in [-0.15, -0.1) is 0 Å². The highest BCUT2D eigenvalue weighted by atomic mass is 79.9. The highest BCUT2D eigenvalue weighted by Gasteiger charge is 2.06. The number of nitrogens with one attached hydrogen (secondary N) is 1. The zero-order chi connectivity index (χ0) is 13.1. The van der Waals surface area contributed by atoms with Gasteiger partial charge in [0.15, 0.2) is 0 Å². The number of halogens is 2. The van der Waals surface area contributed by atoms with Crippen molar-refractivity contribution in [1.82, 2.24) is 9.97 Å². The maximum absolute atomic E-state index is 11.6. The van der Waals surface area contributed by atoms with Crippen LogP contribution in [0.5, 0.6) is 0 Å². The molecule has 2 rings (SSSR count). The van der Waals surface area contributed by atoms with E-state index in [4.69, 9.17) is 11.6 Å². The number of benzene rings is 1. The minimum Gasteiger partial charge on any atom is -0.307 e. The van der Waals surface area contributed by atoms with Gasteiger partial charge in [0.1, 0.15) is 5.82 Å². The molecule has 0 atom stereocenters. The molecule has 0 fully saturated rings. The van der Waals surface area contributed by atoms with E-state index in [0.29, 0.717) is 10.8 Å². The fourth-order valence-electron chi connectivity index (χ4n) is 1.67. The van der Waals surface area contributed by atoms with Crippen LogP contribution in [-0.4, -0.2) is 9.97 Å². The van der Waals surface area contributed by atoms with Gasteiger partial charge in [-0.2, -0.15) is 0 Å². The molecule has 0 amide bonds. The van der Waals surface area contributed by atoms with E-state index in [-0.39, 0.29) is 5.56 Å². The molecule has 94 valence electrons. The van der Waals surface area contributed by atoms with Crippen LogP contribution in [0.3, 0.4) is 0 Å². The van der Waals surface area contributed by atoms with E-state index in [1.807, 2.05) is 12.1 Å². The number of aromatic nitrogens is 2. The summed E-state index contributed by atoms with van der Waals surface area (Å²) in [4.78, 5) is 18.8. The van der Waals surface area contributed by atoms with E-state index >= 15 is 0 Å². The Hall–Kier alpha value is -1.13. The minimum absolute atomic E-state index is 0.130. The Morgan fingerprint density at radius 3 is 2.83 bits per heavy atom. The highest BCUT2D eigenvalue weighted by Crippen LogP contribution is 2.26. The van der Waals surface area contributed by atoms with E-state index < -0.39 is 0 Å². The number of aromatic amines is 1. The van der Waals surface area contributed by atoms with Crippen LogP contribution in [0.2, 0.25) is 5.02 Å². The molecule has 0 aliphatic heterocycles. The molecule has 5 heteroatoms. The summed E-state index contributed by atoms with van der Waals surface area (Å²) in [6.07, 6.45) is 1.76. The third kappa shape index (κ3) is 3.00. The van der Waals surface area contributed by atoms with Gasteiger partial charge in [-0.05, 0) is 40.5 Å². The van der Waals surface area contributed by atoms with Crippen LogP contribution in [-0.2, 0) is 6.42 Å². The summed E-state index contributed by atoms with van der Waals surface area (Å²) in [7, 11) is 0. The van der Waals surface area contributed by atoms with Gasteiger partial charge in [0.05, 0.1) is 5.02 Å². The maximum atomic E-state index is 11.6. The van der Waals surface area contributed by atoms with Crippen LogP contribution >= 0.6 is 27.5 Å². The van der Waals surface area contributed by atoms with Gasteiger partial charge in [-0.3, -0.25) is 4.79 Å². The maximum Gasteiger partial charge on any atom is 0.251 e. The SMILES string of the molecule is CCCc1cc(=O)[nH]c(-c2ccc(Cl)c(Br)c2)n1. The quantitative estimate of drug-likeness (QED) is 0.932. The zero-order valence-electron chi connectivity index (χ0n) is 9.84. The summed E-state index contributed by atoms with van der Waals surface area (Å²) in [6, 6.07) is 6.99. The molecule has 3 nitrogen and oxygen atoms in total. The van der Waals surface area contributed by atoms with Crippen molar-refractivity contribution in [3.63, 3.8) is 0 Å². The monoisotopic (exact) mass is 326 g/mol. The Morgan fingerprint density at radius 1 is 1.39 bits per heavy atom. The van der Waals surface area contributed by atoms with Crippen molar-refractivity contribution in [2.45, 2.75) is 19.8 Å². The first-order valence-electron chi connectivity index (χ1n) is 5.66. The van der Waals surface area contributed by atoms with Crippen LogP contribution in [0.15, 0.2) is 33.5 Å². The average Bonchev–Trinajstić information content (AvgIpc) is 2.32. The summed E-state index contributed by atoms with van der Waals surface area (Å²) in [5.41, 5.74) is 1.51. The Morgan fingerprint density at radius 2 is 2.17 bits per heavy atom. The van der Waals surface area contributed by atoms with Crippen molar-refractivity contribution in [3.05, 3.63) is 49.8 Å². The van der Waals surface area contributed by atoms with Crippen molar-refractivity contribution in [1.29, 1.82) is 0 Å². The summed E-state index contributed by atoms with van der Waals surface area (Å²) in [5.74, 6) is 0.573. The van der Waals surface area contributed by atoms with Gasteiger partial charge in [0.2, 0.25) is 0 Å². The van der Waals surface area contributed by atoms with E-state index in [2.05, 4.69) is 32.8 Å². The summed E-state index contributed by atoms with van der Waals surface area (Å²) >= 11 is 9.30. The lowest BCUT2D eigenvalue weighted by molar-refractivity contribution is 0.870. The van der Waals surface area contributed by atoms with Gasteiger partial charge in [-0.25, -0.2) is 4.98 Å². The second-order valence-electron chi connectivity index (χ2n) is 3.96. The first kappa shape index (κ1) is 13.3. The molecule has 1 aromatic carbocycles. The molecule has 0 aliphatic rings. The Balaban J connectivity index is 2.49. The largest absolute Gasteiger partial charge is 0.307 e. The van der Waals surface area contributed by atoms with Crippen LogP contribution in [0, 0.1) is 0 Å². The molecular formula is C13H12BrClN2O. The lowest BCUT2D eigenvalue weighted by atomic mass is 10.2. The second kappa shape index (κ2) is 5.67. The standard InChI is InChI=1S/C13H12BrClN2O/c1-2-3-9-7-12(18)17-13(16-9)8-4-5-11(15)10(14)6-8/h4-7H,2-3H2,1H3,(H,16,17,18). The minimum atomic E-state index is -0.130. The lowest BCUT2D eigenvalue weighted by Gasteiger charge is -2.05. The zero-order valence-corrected chi connectivity index (χ0v) is 12.2. The van der Waals surface area contributed by atoms with Gasteiger partial charge in [-0.1, -0.05) is 24.9 Å². The first-order chi connectivity index (χ1) is 8.60. The molecule has 0 aliphatic carbocycles.